The molecule has 13 heavy (non-hydrogen) atoms. The van der Waals surface area contributed by atoms with Crippen molar-refractivity contribution in [1.82, 2.24) is 0 Å². The van der Waals surface area contributed by atoms with Gasteiger partial charge >= 0.3 is 0 Å². The van der Waals surface area contributed by atoms with Crippen LogP contribution in [-0.2, 0) is 12.8 Å². The molecule has 0 aliphatic carbocycles. The quantitative estimate of drug-likeness (QED) is 0.586. The van der Waals surface area contributed by atoms with Crippen molar-refractivity contribution in [3.8, 4) is 0 Å². The van der Waals surface area contributed by atoms with E-state index in [1.165, 1.54) is 23.2 Å². The zero-order valence-electron chi connectivity index (χ0n) is 7.52. The Bertz CT molecular complexity index is 359. The summed E-state index contributed by atoms with van der Waals surface area (Å²) in [6, 6.07) is 3.40. The van der Waals surface area contributed by atoms with E-state index in [-0.39, 0.29) is 5.82 Å². The van der Waals surface area contributed by atoms with Gasteiger partial charge in [-0.05, 0) is 42.5 Å². The molecule has 0 amide bonds. The molecule has 0 unspecified atom stereocenters. The summed E-state index contributed by atoms with van der Waals surface area (Å²) in [6.07, 6.45) is 3.26. The van der Waals surface area contributed by atoms with Crippen LogP contribution in [0.4, 0.5) is 10.1 Å². The van der Waals surface area contributed by atoms with E-state index < -0.39 is 0 Å². The lowest BCUT2D eigenvalue weighted by molar-refractivity contribution is 0.621. The predicted octanol–water partition coefficient (Wildman–Crippen LogP) is 2.13. The molecule has 3 rings (SSSR count). The van der Waals surface area contributed by atoms with Crippen molar-refractivity contribution in [1.29, 1.82) is 0 Å². The average molecular weight is 177 g/mol. The Morgan fingerprint density at radius 3 is 2.69 bits per heavy atom. The lowest BCUT2D eigenvalue weighted by Gasteiger charge is -2.26. The van der Waals surface area contributed by atoms with E-state index in [1.54, 1.807) is 12.1 Å². The summed E-state index contributed by atoms with van der Waals surface area (Å²) in [6.45, 7) is 2.25. The first kappa shape index (κ1) is 7.36. The van der Waals surface area contributed by atoms with Crippen molar-refractivity contribution in [2.45, 2.75) is 19.3 Å². The van der Waals surface area contributed by atoms with Gasteiger partial charge in [-0.2, -0.15) is 0 Å². The van der Waals surface area contributed by atoms with E-state index in [1.807, 2.05) is 0 Å². The third-order valence-corrected chi connectivity index (χ3v) is 3.07. The number of halogens is 1. The molecule has 68 valence electrons. The van der Waals surface area contributed by atoms with Gasteiger partial charge in [0, 0.05) is 18.8 Å². The molecule has 0 N–H and O–H groups in total. The van der Waals surface area contributed by atoms with Crippen LogP contribution in [0.2, 0.25) is 0 Å². The maximum absolute atomic E-state index is 13.1. The van der Waals surface area contributed by atoms with Crippen molar-refractivity contribution in [2.24, 2.45) is 0 Å². The van der Waals surface area contributed by atoms with Crippen LogP contribution in [0.3, 0.4) is 0 Å². The second-order valence-corrected chi connectivity index (χ2v) is 3.91. The smallest absolute Gasteiger partial charge is 0.123 e. The molecule has 2 heteroatoms. The zero-order chi connectivity index (χ0) is 8.84. The van der Waals surface area contributed by atoms with Gasteiger partial charge in [0.25, 0.3) is 0 Å². The Balaban J connectivity index is 2.23. The van der Waals surface area contributed by atoms with E-state index >= 15 is 0 Å². The first-order chi connectivity index (χ1) is 6.34. The molecule has 1 aromatic carbocycles. The molecular weight excluding hydrogens is 165 g/mol. The number of nitrogens with zero attached hydrogens (tertiary/aromatic N) is 1. The lowest BCUT2D eigenvalue weighted by Crippen LogP contribution is -2.26. The highest BCUT2D eigenvalue weighted by atomic mass is 19.1. The fraction of sp³-hybridized carbons (Fsp3) is 0.455. The van der Waals surface area contributed by atoms with Gasteiger partial charge < -0.3 is 4.90 Å². The zero-order valence-corrected chi connectivity index (χ0v) is 7.52. The Labute approximate surface area is 77.2 Å². The molecule has 0 saturated carbocycles. The van der Waals surface area contributed by atoms with Crippen molar-refractivity contribution in [3.05, 3.63) is 29.1 Å². The number of benzene rings is 1. The Morgan fingerprint density at radius 1 is 1.08 bits per heavy atom. The number of aryl methyl sites for hydroxylation is 1. The van der Waals surface area contributed by atoms with Crippen LogP contribution in [0.1, 0.15) is 17.5 Å². The highest BCUT2D eigenvalue weighted by molar-refractivity contribution is 5.64. The van der Waals surface area contributed by atoms with Crippen LogP contribution in [0.5, 0.6) is 0 Å². The second-order valence-electron chi connectivity index (χ2n) is 3.91. The van der Waals surface area contributed by atoms with Crippen LogP contribution >= 0.6 is 0 Å². The van der Waals surface area contributed by atoms with Crippen molar-refractivity contribution in [2.75, 3.05) is 18.0 Å². The lowest BCUT2D eigenvalue weighted by atomic mass is 10.00. The first-order valence-corrected chi connectivity index (χ1v) is 4.91. The monoisotopic (exact) mass is 177 g/mol. The van der Waals surface area contributed by atoms with E-state index in [0.717, 1.165) is 25.9 Å². The van der Waals surface area contributed by atoms with Gasteiger partial charge in [0.05, 0.1) is 0 Å². The molecule has 2 heterocycles. The van der Waals surface area contributed by atoms with Gasteiger partial charge in [0.1, 0.15) is 5.82 Å². The van der Waals surface area contributed by atoms with Gasteiger partial charge in [-0.15, -0.1) is 0 Å². The van der Waals surface area contributed by atoms with Gasteiger partial charge in [-0.1, -0.05) is 0 Å². The van der Waals surface area contributed by atoms with E-state index in [2.05, 4.69) is 4.90 Å². The molecule has 0 aromatic heterocycles. The highest BCUT2D eigenvalue weighted by Crippen LogP contribution is 2.36. The highest BCUT2D eigenvalue weighted by Gasteiger charge is 2.25. The van der Waals surface area contributed by atoms with E-state index in [9.17, 15) is 4.39 Å². The average Bonchev–Trinajstić information content (AvgIpc) is 2.50. The van der Waals surface area contributed by atoms with E-state index in [0.29, 0.717) is 0 Å². The molecule has 0 atom stereocenters. The van der Waals surface area contributed by atoms with E-state index in [4.69, 9.17) is 0 Å². The molecule has 1 aromatic rings. The third-order valence-electron chi connectivity index (χ3n) is 3.07. The first-order valence-electron chi connectivity index (χ1n) is 4.91. The van der Waals surface area contributed by atoms with Gasteiger partial charge in [-0.3, -0.25) is 0 Å². The van der Waals surface area contributed by atoms with Crippen LogP contribution in [-0.4, -0.2) is 13.1 Å². The third kappa shape index (κ3) is 0.978. The van der Waals surface area contributed by atoms with Crippen molar-refractivity contribution < 1.29 is 4.39 Å². The molecule has 0 fully saturated rings. The molecule has 0 radical (unpaired) electrons. The van der Waals surface area contributed by atoms with Gasteiger partial charge in [-0.25, -0.2) is 4.39 Å². The Hall–Kier alpha value is -1.05. The fourth-order valence-electron chi connectivity index (χ4n) is 2.56. The van der Waals surface area contributed by atoms with Crippen LogP contribution in [0.25, 0.3) is 0 Å². The number of hydrogen-bond acceptors (Lipinski definition) is 1. The molecule has 2 aliphatic rings. The summed E-state index contributed by atoms with van der Waals surface area (Å²) in [5.41, 5.74) is 3.78. The second kappa shape index (κ2) is 2.47. The minimum absolute atomic E-state index is 0.0579. The Kier molecular flexibility index (Phi) is 1.40. The SMILES string of the molecule is Fc1cc2c3c(c1)CCN3CCC2. The van der Waals surface area contributed by atoms with Crippen LogP contribution in [0.15, 0.2) is 12.1 Å². The molecule has 0 bridgehead atoms. The minimum atomic E-state index is -0.0579. The summed E-state index contributed by atoms with van der Waals surface area (Å²) in [7, 11) is 0. The largest absolute Gasteiger partial charge is 0.371 e. The van der Waals surface area contributed by atoms with Gasteiger partial charge in [0.2, 0.25) is 0 Å². The maximum Gasteiger partial charge on any atom is 0.123 e. The van der Waals surface area contributed by atoms with Crippen molar-refractivity contribution >= 4 is 5.69 Å². The van der Waals surface area contributed by atoms with Gasteiger partial charge in [0.15, 0.2) is 0 Å². The normalized spacial score (nSPS) is 19.0. The summed E-state index contributed by atoms with van der Waals surface area (Å²) in [5, 5.41) is 0. The van der Waals surface area contributed by atoms with Crippen LogP contribution in [0, 0.1) is 5.82 Å². The number of rotatable bonds is 0. The Morgan fingerprint density at radius 2 is 1.85 bits per heavy atom. The summed E-state index contributed by atoms with van der Waals surface area (Å²) in [5.74, 6) is -0.0579. The summed E-state index contributed by atoms with van der Waals surface area (Å²) >= 11 is 0. The molecular formula is C11H12FN. The minimum Gasteiger partial charge on any atom is -0.371 e. The number of anilines is 1. The summed E-state index contributed by atoms with van der Waals surface area (Å²) < 4.78 is 13.1. The topological polar surface area (TPSA) is 3.24 Å². The van der Waals surface area contributed by atoms with Crippen molar-refractivity contribution in [3.63, 3.8) is 0 Å². The molecule has 0 spiro atoms. The summed E-state index contributed by atoms with van der Waals surface area (Å²) in [4.78, 5) is 2.40. The predicted molar refractivity (Wildman–Crippen MR) is 50.6 cm³/mol. The molecule has 2 aliphatic heterocycles. The number of hydrogen-bond donors (Lipinski definition) is 0. The van der Waals surface area contributed by atoms with Crippen LogP contribution < -0.4 is 4.90 Å². The fourth-order valence-corrected chi connectivity index (χ4v) is 2.56. The maximum atomic E-state index is 13.1. The standard InChI is InChI=1S/C11H12FN/c12-10-6-8-2-1-4-13-5-3-9(7-10)11(8)13/h6-7H,1-5H2. The molecule has 1 nitrogen and oxygen atoms in total. The molecule has 0 saturated heterocycles.